The summed E-state index contributed by atoms with van der Waals surface area (Å²) in [4.78, 5) is 4.08. The third-order valence-electron chi connectivity index (χ3n) is 2.69. The van der Waals surface area contributed by atoms with Gasteiger partial charge in [-0.05, 0) is 29.5 Å². The monoisotopic (exact) mass is 281 g/mol. The van der Waals surface area contributed by atoms with E-state index in [-0.39, 0.29) is 5.41 Å². The van der Waals surface area contributed by atoms with E-state index in [2.05, 4.69) is 37.9 Å². The first kappa shape index (κ1) is 13.4. The number of aryl methyl sites for hydroxylation is 1. The highest BCUT2D eigenvalue weighted by Crippen LogP contribution is 2.32. The maximum Gasteiger partial charge on any atom is 0.280 e. The van der Waals surface area contributed by atoms with Gasteiger partial charge in [-0.2, -0.15) is 4.98 Å². The standard InChI is InChI=1S/C14H16ClNOS/c1-9-7-10(14(2,3)4)5-6-11(9)17-13-16-12(15)8-18-13/h5-8H,1-4H3. The number of rotatable bonds is 2. The van der Waals surface area contributed by atoms with Crippen molar-refractivity contribution < 1.29 is 4.74 Å². The fourth-order valence-electron chi connectivity index (χ4n) is 1.61. The van der Waals surface area contributed by atoms with Gasteiger partial charge in [0, 0.05) is 5.38 Å². The van der Waals surface area contributed by atoms with Crippen LogP contribution in [0.4, 0.5) is 0 Å². The Bertz CT molecular complexity index is 557. The SMILES string of the molecule is Cc1cc(C(C)(C)C)ccc1Oc1nc(Cl)cs1. The Morgan fingerprint density at radius 2 is 2.00 bits per heavy atom. The van der Waals surface area contributed by atoms with Crippen molar-refractivity contribution >= 4 is 22.9 Å². The molecule has 0 spiro atoms. The third-order valence-corrected chi connectivity index (χ3v) is 3.73. The summed E-state index contributed by atoms with van der Waals surface area (Å²) in [6, 6.07) is 6.24. The third kappa shape index (κ3) is 3.03. The maximum atomic E-state index is 5.77. The number of benzene rings is 1. The lowest BCUT2D eigenvalue weighted by atomic mass is 9.86. The molecular weight excluding hydrogens is 266 g/mol. The molecule has 18 heavy (non-hydrogen) atoms. The minimum Gasteiger partial charge on any atom is -0.431 e. The van der Waals surface area contributed by atoms with Crippen molar-refractivity contribution in [2.45, 2.75) is 33.1 Å². The highest BCUT2D eigenvalue weighted by atomic mass is 35.5. The van der Waals surface area contributed by atoms with Crippen molar-refractivity contribution in [3.05, 3.63) is 39.9 Å². The molecule has 0 unspecified atom stereocenters. The number of hydrogen-bond acceptors (Lipinski definition) is 3. The molecule has 0 aliphatic rings. The van der Waals surface area contributed by atoms with E-state index in [1.54, 1.807) is 5.38 Å². The largest absolute Gasteiger partial charge is 0.431 e. The van der Waals surface area contributed by atoms with Gasteiger partial charge in [0.2, 0.25) is 0 Å². The summed E-state index contributed by atoms with van der Waals surface area (Å²) < 4.78 is 5.72. The van der Waals surface area contributed by atoms with Gasteiger partial charge in [0.15, 0.2) is 0 Å². The van der Waals surface area contributed by atoms with Crippen molar-refractivity contribution in [1.29, 1.82) is 0 Å². The maximum absolute atomic E-state index is 5.77. The summed E-state index contributed by atoms with van der Waals surface area (Å²) in [5.41, 5.74) is 2.55. The Morgan fingerprint density at radius 1 is 1.28 bits per heavy atom. The lowest BCUT2D eigenvalue weighted by molar-refractivity contribution is 0.474. The van der Waals surface area contributed by atoms with Gasteiger partial charge in [-0.1, -0.05) is 55.8 Å². The molecule has 0 atom stereocenters. The van der Waals surface area contributed by atoms with Gasteiger partial charge in [-0.3, -0.25) is 0 Å². The number of ether oxygens (including phenoxy) is 1. The average molecular weight is 282 g/mol. The fourth-order valence-corrected chi connectivity index (χ4v) is 2.41. The van der Waals surface area contributed by atoms with Crippen LogP contribution in [-0.4, -0.2) is 4.98 Å². The van der Waals surface area contributed by atoms with E-state index >= 15 is 0 Å². The first-order valence-electron chi connectivity index (χ1n) is 5.76. The molecule has 4 heteroatoms. The molecule has 1 heterocycles. The van der Waals surface area contributed by atoms with Crippen LogP contribution >= 0.6 is 22.9 Å². The van der Waals surface area contributed by atoms with Crippen molar-refractivity contribution in [1.82, 2.24) is 4.98 Å². The van der Waals surface area contributed by atoms with E-state index in [1.807, 2.05) is 13.0 Å². The Hall–Kier alpha value is -1.06. The van der Waals surface area contributed by atoms with E-state index in [0.717, 1.165) is 11.3 Å². The van der Waals surface area contributed by atoms with Gasteiger partial charge < -0.3 is 4.74 Å². The van der Waals surface area contributed by atoms with E-state index in [0.29, 0.717) is 10.3 Å². The van der Waals surface area contributed by atoms with Gasteiger partial charge in [-0.25, -0.2) is 0 Å². The fraction of sp³-hybridized carbons (Fsp3) is 0.357. The zero-order valence-electron chi connectivity index (χ0n) is 11.0. The van der Waals surface area contributed by atoms with Crippen LogP contribution in [0, 0.1) is 6.92 Å². The first-order chi connectivity index (χ1) is 8.36. The quantitative estimate of drug-likeness (QED) is 0.755. The van der Waals surface area contributed by atoms with Crippen LogP contribution in [0.25, 0.3) is 0 Å². The molecule has 0 fully saturated rings. The van der Waals surface area contributed by atoms with Crippen molar-refractivity contribution in [2.75, 3.05) is 0 Å². The van der Waals surface area contributed by atoms with E-state index < -0.39 is 0 Å². The van der Waals surface area contributed by atoms with Gasteiger partial charge in [0.1, 0.15) is 10.9 Å². The highest BCUT2D eigenvalue weighted by Gasteiger charge is 2.15. The minimum absolute atomic E-state index is 0.147. The molecule has 0 saturated carbocycles. The van der Waals surface area contributed by atoms with Gasteiger partial charge in [0.25, 0.3) is 5.19 Å². The van der Waals surface area contributed by atoms with Crippen LogP contribution in [0.2, 0.25) is 5.15 Å². The molecular formula is C14H16ClNOS. The Morgan fingerprint density at radius 3 is 2.50 bits per heavy atom. The molecule has 0 N–H and O–H groups in total. The number of halogens is 1. The van der Waals surface area contributed by atoms with Crippen molar-refractivity contribution in [3.63, 3.8) is 0 Å². The minimum atomic E-state index is 0.147. The van der Waals surface area contributed by atoms with Crippen molar-refractivity contribution in [3.8, 4) is 10.9 Å². The van der Waals surface area contributed by atoms with Crippen LogP contribution in [0.1, 0.15) is 31.9 Å². The topological polar surface area (TPSA) is 22.1 Å². The lowest BCUT2D eigenvalue weighted by Crippen LogP contribution is -2.11. The molecule has 1 aromatic heterocycles. The highest BCUT2D eigenvalue weighted by molar-refractivity contribution is 7.11. The zero-order valence-corrected chi connectivity index (χ0v) is 12.5. The summed E-state index contributed by atoms with van der Waals surface area (Å²) in [5.74, 6) is 0.828. The van der Waals surface area contributed by atoms with E-state index in [1.165, 1.54) is 16.9 Å². The molecule has 0 aliphatic heterocycles. The molecule has 0 aliphatic carbocycles. The molecule has 0 saturated heterocycles. The normalized spacial score (nSPS) is 11.6. The van der Waals surface area contributed by atoms with Crippen LogP contribution in [0.3, 0.4) is 0 Å². The number of aromatic nitrogens is 1. The van der Waals surface area contributed by atoms with Crippen LogP contribution in [-0.2, 0) is 5.41 Å². The zero-order chi connectivity index (χ0) is 13.3. The summed E-state index contributed by atoms with van der Waals surface area (Å²) in [6.07, 6.45) is 0. The summed E-state index contributed by atoms with van der Waals surface area (Å²) in [5, 5.41) is 2.81. The van der Waals surface area contributed by atoms with Gasteiger partial charge >= 0.3 is 0 Å². The molecule has 0 amide bonds. The predicted octanol–water partition coefficient (Wildman–Crippen LogP) is 5.19. The van der Waals surface area contributed by atoms with Gasteiger partial charge in [0.05, 0.1) is 0 Å². The number of nitrogens with zero attached hydrogens (tertiary/aromatic N) is 1. The molecule has 96 valence electrons. The summed E-state index contributed by atoms with van der Waals surface area (Å²) in [7, 11) is 0. The Labute approximate surface area is 117 Å². The average Bonchev–Trinajstić information content (AvgIpc) is 2.65. The molecule has 0 radical (unpaired) electrons. The lowest BCUT2D eigenvalue weighted by Gasteiger charge is -2.20. The molecule has 1 aromatic carbocycles. The van der Waals surface area contributed by atoms with Crippen LogP contribution < -0.4 is 4.74 Å². The second-order valence-corrected chi connectivity index (χ2v) is 6.48. The number of hydrogen-bond donors (Lipinski definition) is 0. The number of thiazole rings is 1. The first-order valence-corrected chi connectivity index (χ1v) is 7.02. The molecule has 2 aromatic rings. The molecule has 2 nitrogen and oxygen atoms in total. The van der Waals surface area contributed by atoms with E-state index in [4.69, 9.17) is 16.3 Å². The second kappa shape index (κ2) is 4.90. The predicted molar refractivity (Wildman–Crippen MR) is 77.1 cm³/mol. The van der Waals surface area contributed by atoms with E-state index in [9.17, 15) is 0 Å². The van der Waals surface area contributed by atoms with Crippen LogP contribution in [0.5, 0.6) is 10.9 Å². The summed E-state index contributed by atoms with van der Waals surface area (Å²) in [6.45, 7) is 8.63. The summed E-state index contributed by atoms with van der Waals surface area (Å²) >= 11 is 7.17. The second-order valence-electron chi connectivity index (χ2n) is 5.27. The molecule has 2 rings (SSSR count). The van der Waals surface area contributed by atoms with Crippen LogP contribution in [0.15, 0.2) is 23.6 Å². The van der Waals surface area contributed by atoms with Crippen molar-refractivity contribution in [2.24, 2.45) is 0 Å². The Balaban J connectivity index is 2.25. The van der Waals surface area contributed by atoms with Gasteiger partial charge in [-0.15, -0.1) is 0 Å². The Kier molecular flexibility index (Phi) is 3.64. The molecule has 0 bridgehead atoms. The smallest absolute Gasteiger partial charge is 0.280 e.